The van der Waals surface area contributed by atoms with Crippen molar-refractivity contribution in [3.05, 3.63) is 69.3 Å². The van der Waals surface area contributed by atoms with E-state index in [0.29, 0.717) is 12.1 Å². The van der Waals surface area contributed by atoms with E-state index in [9.17, 15) is 4.79 Å². The molecular weight excluding hydrogens is 294 g/mol. The Balaban J connectivity index is 2.08. The predicted octanol–water partition coefficient (Wildman–Crippen LogP) is 2.31. The van der Waals surface area contributed by atoms with Crippen LogP contribution < -0.4 is 5.56 Å². The summed E-state index contributed by atoms with van der Waals surface area (Å²) in [7, 11) is 0. The summed E-state index contributed by atoms with van der Waals surface area (Å²) in [5, 5.41) is 4.04. The minimum Gasteiger partial charge on any atom is -0.308 e. The molecule has 3 aromatic rings. The zero-order chi connectivity index (χ0) is 12.5. The van der Waals surface area contributed by atoms with Gasteiger partial charge in [-0.05, 0) is 17.7 Å². The number of hydrogen-bond acceptors (Lipinski definition) is 2. The largest absolute Gasteiger partial charge is 0.308 e. The molecule has 1 aromatic carbocycles. The van der Waals surface area contributed by atoms with Crippen LogP contribution in [0.4, 0.5) is 0 Å². The normalized spacial score (nSPS) is 10.9. The predicted molar refractivity (Wildman–Crippen MR) is 72.7 cm³/mol. The maximum atomic E-state index is 12.2. The Morgan fingerprint density at radius 2 is 2.00 bits per heavy atom. The highest BCUT2D eigenvalue weighted by Gasteiger charge is 2.05. The van der Waals surface area contributed by atoms with E-state index >= 15 is 0 Å². The molecule has 0 atom stereocenters. The summed E-state index contributed by atoms with van der Waals surface area (Å²) in [5.41, 5.74) is 1.62. The van der Waals surface area contributed by atoms with Crippen molar-refractivity contribution in [2.75, 3.05) is 0 Å². The van der Waals surface area contributed by atoms with Crippen LogP contribution in [0.3, 0.4) is 0 Å². The van der Waals surface area contributed by atoms with Crippen molar-refractivity contribution < 1.29 is 0 Å². The van der Waals surface area contributed by atoms with Crippen molar-refractivity contribution in [2.45, 2.75) is 6.54 Å². The van der Waals surface area contributed by atoms with Gasteiger partial charge >= 0.3 is 0 Å². The fourth-order valence-electron chi connectivity index (χ4n) is 1.90. The van der Waals surface area contributed by atoms with Gasteiger partial charge in [-0.3, -0.25) is 4.79 Å². The molecule has 2 heterocycles. The zero-order valence-corrected chi connectivity index (χ0v) is 11.0. The van der Waals surface area contributed by atoms with Crippen LogP contribution in [0.15, 0.2) is 58.2 Å². The molecule has 0 radical (unpaired) electrons. The Morgan fingerprint density at radius 3 is 2.83 bits per heavy atom. The van der Waals surface area contributed by atoms with E-state index in [1.807, 2.05) is 24.3 Å². The third kappa shape index (κ3) is 1.86. The molecule has 0 unspecified atom stereocenters. The molecule has 0 N–H and O–H groups in total. The lowest BCUT2D eigenvalue weighted by Gasteiger charge is -2.07. The first-order chi connectivity index (χ1) is 8.75. The summed E-state index contributed by atoms with van der Waals surface area (Å²) < 4.78 is 4.26. The van der Waals surface area contributed by atoms with Crippen LogP contribution in [-0.2, 0) is 6.54 Å². The highest BCUT2D eigenvalue weighted by atomic mass is 79.9. The second kappa shape index (κ2) is 4.42. The third-order valence-corrected chi connectivity index (χ3v) is 3.61. The topological polar surface area (TPSA) is 39.3 Å². The van der Waals surface area contributed by atoms with Gasteiger partial charge in [0.2, 0.25) is 0 Å². The van der Waals surface area contributed by atoms with E-state index in [4.69, 9.17) is 0 Å². The molecule has 0 fully saturated rings. The van der Waals surface area contributed by atoms with Crippen LogP contribution in [-0.4, -0.2) is 14.2 Å². The third-order valence-electron chi connectivity index (χ3n) is 2.84. The lowest BCUT2D eigenvalue weighted by Crippen LogP contribution is -2.21. The molecule has 90 valence electrons. The van der Waals surface area contributed by atoms with Gasteiger partial charge in [-0.25, -0.2) is 4.52 Å². The van der Waals surface area contributed by atoms with Crippen molar-refractivity contribution >= 4 is 21.4 Å². The maximum Gasteiger partial charge on any atom is 0.276 e. The molecule has 3 rings (SSSR count). The first-order valence-electron chi connectivity index (χ1n) is 5.52. The first kappa shape index (κ1) is 11.2. The average molecular weight is 304 g/mol. The number of hydrogen-bond donors (Lipinski definition) is 0. The Kier molecular flexibility index (Phi) is 2.76. The lowest BCUT2D eigenvalue weighted by molar-refractivity contribution is 0.741. The summed E-state index contributed by atoms with van der Waals surface area (Å²) in [6.45, 7) is 0.544. The van der Waals surface area contributed by atoms with E-state index < -0.39 is 0 Å². The summed E-state index contributed by atoms with van der Waals surface area (Å²) >= 11 is 3.49. The van der Waals surface area contributed by atoms with Gasteiger partial charge in [0.1, 0.15) is 5.52 Å². The molecule has 0 aliphatic rings. The molecule has 18 heavy (non-hydrogen) atoms. The number of rotatable bonds is 2. The number of halogens is 1. The van der Waals surface area contributed by atoms with Gasteiger partial charge in [0, 0.05) is 16.9 Å². The second-order valence-electron chi connectivity index (χ2n) is 3.98. The van der Waals surface area contributed by atoms with Gasteiger partial charge in [-0.2, -0.15) is 5.10 Å². The van der Waals surface area contributed by atoms with Gasteiger partial charge in [-0.1, -0.05) is 34.1 Å². The van der Waals surface area contributed by atoms with Gasteiger partial charge in [-0.15, -0.1) is 0 Å². The number of fused-ring (bicyclic) bond motifs is 1. The molecule has 5 heteroatoms. The van der Waals surface area contributed by atoms with Crippen LogP contribution in [0, 0.1) is 0 Å². The second-order valence-corrected chi connectivity index (χ2v) is 4.84. The molecule has 0 saturated carbocycles. The van der Waals surface area contributed by atoms with E-state index in [1.165, 1.54) is 0 Å². The molecule has 4 nitrogen and oxygen atoms in total. The van der Waals surface area contributed by atoms with Gasteiger partial charge in [0.05, 0.1) is 12.7 Å². The molecular formula is C13H10BrN3O. The summed E-state index contributed by atoms with van der Waals surface area (Å²) in [4.78, 5) is 12.2. The van der Waals surface area contributed by atoms with E-state index in [-0.39, 0.29) is 5.56 Å². The lowest BCUT2D eigenvalue weighted by atomic mass is 10.2. The van der Waals surface area contributed by atoms with Crippen molar-refractivity contribution in [1.82, 2.24) is 14.2 Å². The Bertz CT molecular complexity index is 760. The quantitative estimate of drug-likeness (QED) is 0.729. The molecule has 0 amide bonds. The summed E-state index contributed by atoms with van der Waals surface area (Å²) in [6, 6.07) is 9.60. The summed E-state index contributed by atoms with van der Waals surface area (Å²) in [6.07, 6.45) is 5.16. The fourth-order valence-corrected chi connectivity index (χ4v) is 2.31. The molecule has 0 aliphatic heterocycles. The monoisotopic (exact) mass is 303 g/mol. The summed E-state index contributed by atoms with van der Waals surface area (Å²) in [5.74, 6) is 0. The Morgan fingerprint density at radius 1 is 1.17 bits per heavy atom. The van der Waals surface area contributed by atoms with Crippen LogP contribution in [0.5, 0.6) is 0 Å². The average Bonchev–Trinajstić information content (AvgIpc) is 2.84. The minimum absolute atomic E-state index is 0.0363. The molecule has 2 aromatic heterocycles. The molecule has 0 saturated heterocycles. The SMILES string of the molecule is O=c1c2ccnn2ccn1Cc1ccccc1Br. The zero-order valence-electron chi connectivity index (χ0n) is 9.45. The highest BCUT2D eigenvalue weighted by Crippen LogP contribution is 2.16. The van der Waals surface area contributed by atoms with Crippen molar-refractivity contribution in [3.8, 4) is 0 Å². The molecule has 0 bridgehead atoms. The number of nitrogens with zero attached hydrogens (tertiary/aromatic N) is 3. The van der Waals surface area contributed by atoms with Crippen LogP contribution in [0.1, 0.15) is 5.56 Å². The number of benzene rings is 1. The van der Waals surface area contributed by atoms with Gasteiger partial charge in [0.15, 0.2) is 0 Å². The standard InChI is InChI=1S/C13H10BrN3O/c14-11-4-2-1-3-10(11)9-16-7-8-17-12(13(16)18)5-6-15-17/h1-8H,9H2. The minimum atomic E-state index is -0.0363. The first-order valence-corrected chi connectivity index (χ1v) is 6.31. The maximum absolute atomic E-state index is 12.2. The fraction of sp³-hybridized carbons (Fsp3) is 0.0769. The molecule has 0 spiro atoms. The Hall–Kier alpha value is -1.88. The van der Waals surface area contributed by atoms with Crippen LogP contribution in [0.2, 0.25) is 0 Å². The van der Waals surface area contributed by atoms with Crippen molar-refractivity contribution in [3.63, 3.8) is 0 Å². The Labute approximate surface area is 112 Å². The van der Waals surface area contributed by atoms with Gasteiger partial charge < -0.3 is 4.57 Å². The van der Waals surface area contributed by atoms with E-state index in [2.05, 4.69) is 21.0 Å². The van der Waals surface area contributed by atoms with Crippen molar-refractivity contribution in [1.29, 1.82) is 0 Å². The number of aromatic nitrogens is 3. The highest BCUT2D eigenvalue weighted by molar-refractivity contribution is 9.10. The van der Waals surface area contributed by atoms with Crippen LogP contribution >= 0.6 is 15.9 Å². The van der Waals surface area contributed by atoms with Gasteiger partial charge in [0.25, 0.3) is 5.56 Å². The van der Waals surface area contributed by atoms with Crippen LogP contribution in [0.25, 0.3) is 5.52 Å². The smallest absolute Gasteiger partial charge is 0.276 e. The molecule has 0 aliphatic carbocycles. The van der Waals surface area contributed by atoms with E-state index in [1.54, 1.807) is 33.7 Å². The van der Waals surface area contributed by atoms with E-state index in [0.717, 1.165) is 10.0 Å². The van der Waals surface area contributed by atoms with Crippen molar-refractivity contribution in [2.24, 2.45) is 0 Å².